The molecule has 1 aromatic rings. The lowest BCUT2D eigenvalue weighted by atomic mass is 9.53. The van der Waals surface area contributed by atoms with Gasteiger partial charge in [-0.1, -0.05) is 0 Å². The van der Waals surface area contributed by atoms with Gasteiger partial charge in [0.25, 0.3) is 5.69 Å². The highest BCUT2D eigenvalue weighted by Gasteiger charge is 2.50. The molecule has 0 amide bonds. The third-order valence-electron chi connectivity index (χ3n) is 6.01. The van der Waals surface area contributed by atoms with Crippen molar-refractivity contribution < 1.29 is 10.0 Å². The molecule has 1 aromatic carbocycles. The van der Waals surface area contributed by atoms with Gasteiger partial charge in [0.1, 0.15) is 5.75 Å². The number of aryl methyl sites for hydroxylation is 1. The molecule has 0 spiro atoms. The van der Waals surface area contributed by atoms with E-state index in [-0.39, 0.29) is 17.0 Å². The topological polar surface area (TPSA) is 75.7 Å². The largest absolute Gasteiger partial charge is 0.507 e. The smallest absolute Gasteiger partial charge is 0.270 e. The van der Waals surface area contributed by atoms with Crippen molar-refractivity contribution in [3.8, 4) is 5.75 Å². The second-order valence-corrected chi connectivity index (χ2v) is 7.86. The lowest BCUT2D eigenvalue weighted by Gasteiger charge is -2.54. The molecule has 5 heteroatoms. The van der Waals surface area contributed by atoms with Gasteiger partial charge in [-0.3, -0.25) is 15.1 Å². The van der Waals surface area contributed by atoms with E-state index >= 15 is 0 Å². The van der Waals surface area contributed by atoms with Crippen LogP contribution in [0.3, 0.4) is 0 Å². The minimum absolute atomic E-state index is 0.00672. The lowest BCUT2D eigenvalue weighted by Crippen LogP contribution is -2.49. The molecule has 5 nitrogen and oxygen atoms in total. The number of aliphatic imine (C=N–C) groups is 1. The number of phenols is 1. The van der Waals surface area contributed by atoms with Gasteiger partial charge in [0.05, 0.1) is 10.5 Å². The van der Waals surface area contributed by atoms with Crippen molar-refractivity contribution in [3.63, 3.8) is 0 Å². The molecule has 23 heavy (non-hydrogen) atoms. The predicted octanol–water partition coefficient (Wildman–Crippen LogP) is 4.00. The van der Waals surface area contributed by atoms with E-state index in [1.54, 1.807) is 13.1 Å². The van der Waals surface area contributed by atoms with Gasteiger partial charge >= 0.3 is 0 Å². The van der Waals surface area contributed by atoms with Crippen LogP contribution in [0.15, 0.2) is 17.1 Å². The summed E-state index contributed by atoms with van der Waals surface area (Å²) in [6, 6.07) is 2.82. The summed E-state index contributed by atoms with van der Waals surface area (Å²) in [4.78, 5) is 15.5. The van der Waals surface area contributed by atoms with Crippen molar-refractivity contribution >= 4 is 11.9 Å². The Hall–Kier alpha value is -1.91. The molecule has 122 valence electrons. The standard InChI is InChI=1S/C18H22N2O3/c1-11-2-16(20(22)23)6-15(17(11)21)10-19-18-7-12-3-13(8-18)5-14(4-12)9-18/h2,6,10,12-14,21H,3-5,7-9H2,1H3. The zero-order valence-electron chi connectivity index (χ0n) is 13.4. The van der Waals surface area contributed by atoms with E-state index in [1.165, 1.54) is 31.4 Å². The van der Waals surface area contributed by atoms with Gasteiger partial charge < -0.3 is 5.11 Å². The zero-order chi connectivity index (χ0) is 16.2. The number of benzene rings is 1. The van der Waals surface area contributed by atoms with Gasteiger partial charge in [0.15, 0.2) is 0 Å². The summed E-state index contributed by atoms with van der Waals surface area (Å²) in [5.74, 6) is 2.51. The second kappa shape index (κ2) is 5.05. The number of non-ortho nitro benzene ring substituents is 1. The van der Waals surface area contributed by atoms with Crippen molar-refractivity contribution in [1.29, 1.82) is 0 Å². The zero-order valence-corrected chi connectivity index (χ0v) is 13.4. The molecular formula is C18H22N2O3. The maximum absolute atomic E-state index is 11.0. The number of aromatic hydroxyl groups is 1. The van der Waals surface area contributed by atoms with E-state index in [0.717, 1.165) is 37.0 Å². The van der Waals surface area contributed by atoms with Crippen LogP contribution in [0.5, 0.6) is 5.75 Å². The van der Waals surface area contributed by atoms with E-state index in [1.807, 2.05) is 0 Å². The van der Waals surface area contributed by atoms with Crippen LogP contribution in [0.4, 0.5) is 5.69 Å². The SMILES string of the molecule is Cc1cc([N+](=O)[O-])cc(C=NC23CC4CC(CC(C4)C2)C3)c1O. The highest BCUT2D eigenvalue weighted by Crippen LogP contribution is 2.57. The number of nitrogens with zero attached hydrogens (tertiary/aromatic N) is 2. The number of hydrogen-bond donors (Lipinski definition) is 1. The van der Waals surface area contributed by atoms with Crippen molar-refractivity contribution in [1.82, 2.24) is 0 Å². The maximum Gasteiger partial charge on any atom is 0.270 e. The molecule has 5 rings (SSSR count). The summed E-state index contributed by atoms with van der Waals surface area (Å²) >= 11 is 0. The molecule has 4 bridgehead atoms. The second-order valence-electron chi connectivity index (χ2n) is 7.86. The fourth-order valence-electron chi connectivity index (χ4n) is 5.42. The van der Waals surface area contributed by atoms with Crippen molar-refractivity contribution in [2.24, 2.45) is 22.7 Å². The summed E-state index contributed by atoms with van der Waals surface area (Å²) in [7, 11) is 0. The molecule has 0 unspecified atom stereocenters. The number of rotatable bonds is 3. The normalized spacial score (nSPS) is 35.1. The highest BCUT2D eigenvalue weighted by molar-refractivity contribution is 5.85. The molecular weight excluding hydrogens is 292 g/mol. The Morgan fingerprint density at radius 2 is 1.78 bits per heavy atom. The maximum atomic E-state index is 11.0. The molecule has 4 aliphatic carbocycles. The third-order valence-corrected chi connectivity index (χ3v) is 6.01. The van der Waals surface area contributed by atoms with E-state index in [0.29, 0.717) is 11.1 Å². The highest BCUT2D eigenvalue weighted by atomic mass is 16.6. The molecule has 0 radical (unpaired) electrons. The van der Waals surface area contributed by atoms with Crippen LogP contribution in [0.1, 0.15) is 49.7 Å². The summed E-state index contributed by atoms with van der Waals surface area (Å²) in [5, 5.41) is 21.2. The average molecular weight is 314 g/mol. The first-order chi connectivity index (χ1) is 10.9. The fourth-order valence-corrected chi connectivity index (χ4v) is 5.42. The van der Waals surface area contributed by atoms with Gasteiger partial charge in [0, 0.05) is 23.9 Å². The van der Waals surface area contributed by atoms with Crippen LogP contribution >= 0.6 is 0 Å². The summed E-state index contributed by atoms with van der Waals surface area (Å²) < 4.78 is 0. The Bertz CT molecular complexity index is 660. The summed E-state index contributed by atoms with van der Waals surface area (Å²) in [6.07, 6.45) is 9.18. The van der Waals surface area contributed by atoms with Crippen molar-refractivity contribution in [3.05, 3.63) is 33.4 Å². The average Bonchev–Trinajstić information content (AvgIpc) is 2.47. The van der Waals surface area contributed by atoms with Crippen molar-refractivity contribution in [2.45, 2.75) is 51.0 Å². The first kappa shape index (κ1) is 14.7. The minimum Gasteiger partial charge on any atom is -0.507 e. The number of phenolic OH excluding ortho intramolecular Hbond substituents is 1. The van der Waals surface area contributed by atoms with Gasteiger partial charge in [0.2, 0.25) is 0 Å². The first-order valence-corrected chi connectivity index (χ1v) is 8.47. The Labute approximate surface area is 135 Å². The Morgan fingerprint density at radius 1 is 1.22 bits per heavy atom. The van der Waals surface area contributed by atoms with Gasteiger partial charge in [-0.25, -0.2) is 0 Å². The molecule has 4 fully saturated rings. The van der Waals surface area contributed by atoms with Gasteiger partial charge in [-0.05, 0) is 68.8 Å². The van der Waals surface area contributed by atoms with E-state index < -0.39 is 4.92 Å². The van der Waals surface area contributed by atoms with E-state index in [9.17, 15) is 15.2 Å². The van der Waals surface area contributed by atoms with Crippen LogP contribution in [0.2, 0.25) is 0 Å². The van der Waals surface area contributed by atoms with Gasteiger partial charge in [-0.15, -0.1) is 0 Å². The summed E-state index contributed by atoms with van der Waals surface area (Å²) in [5.41, 5.74) is 1.01. The summed E-state index contributed by atoms with van der Waals surface area (Å²) in [6.45, 7) is 1.68. The molecule has 4 saturated carbocycles. The predicted molar refractivity (Wildman–Crippen MR) is 88.0 cm³/mol. The van der Waals surface area contributed by atoms with Crippen LogP contribution in [-0.4, -0.2) is 21.8 Å². The van der Waals surface area contributed by atoms with Crippen molar-refractivity contribution in [2.75, 3.05) is 0 Å². The lowest BCUT2D eigenvalue weighted by molar-refractivity contribution is -0.384. The molecule has 0 aromatic heterocycles. The van der Waals surface area contributed by atoms with Crippen LogP contribution < -0.4 is 0 Å². The number of nitro benzene ring substituents is 1. The molecule has 0 atom stereocenters. The van der Waals surface area contributed by atoms with E-state index in [4.69, 9.17) is 4.99 Å². The Kier molecular flexibility index (Phi) is 3.22. The molecule has 4 aliphatic rings. The molecule has 0 saturated heterocycles. The number of nitro groups is 1. The fraction of sp³-hybridized carbons (Fsp3) is 0.611. The quantitative estimate of drug-likeness (QED) is 0.520. The Balaban J connectivity index is 1.65. The van der Waals surface area contributed by atoms with Crippen LogP contribution in [-0.2, 0) is 0 Å². The van der Waals surface area contributed by atoms with Crippen LogP contribution in [0.25, 0.3) is 0 Å². The molecule has 0 heterocycles. The monoisotopic (exact) mass is 314 g/mol. The van der Waals surface area contributed by atoms with E-state index in [2.05, 4.69) is 0 Å². The van der Waals surface area contributed by atoms with Crippen LogP contribution in [0, 0.1) is 34.8 Å². The molecule has 1 N–H and O–H groups in total. The Morgan fingerprint density at radius 3 is 2.30 bits per heavy atom. The number of hydrogen-bond acceptors (Lipinski definition) is 4. The first-order valence-electron chi connectivity index (χ1n) is 8.47. The molecule has 0 aliphatic heterocycles. The minimum atomic E-state index is -0.422. The van der Waals surface area contributed by atoms with Gasteiger partial charge in [-0.2, -0.15) is 0 Å². The third kappa shape index (κ3) is 2.52.